The van der Waals surface area contributed by atoms with Crippen molar-refractivity contribution >= 4 is 23.2 Å². The molecule has 0 fully saturated rings. The maximum Gasteiger partial charge on any atom is 0.109 e. The van der Waals surface area contributed by atoms with Crippen LogP contribution in [0.2, 0.25) is 10.0 Å². The van der Waals surface area contributed by atoms with Crippen LogP contribution in [-0.2, 0) is 0 Å². The van der Waals surface area contributed by atoms with Gasteiger partial charge in [0.1, 0.15) is 11.4 Å². The molecule has 2 aromatic heterocycles. The van der Waals surface area contributed by atoms with Crippen LogP contribution in [0.25, 0.3) is 11.4 Å². The average Bonchev–Trinajstić information content (AvgIpc) is 2.20. The van der Waals surface area contributed by atoms with Crippen LogP contribution in [0.3, 0.4) is 0 Å². The summed E-state index contributed by atoms with van der Waals surface area (Å²) < 4.78 is 0. The first-order valence-corrected chi connectivity index (χ1v) is 4.76. The van der Waals surface area contributed by atoms with Gasteiger partial charge in [-0.1, -0.05) is 23.2 Å². The van der Waals surface area contributed by atoms with Crippen LogP contribution in [0.4, 0.5) is 0 Å². The highest BCUT2D eigenvalue weighted by Crippen LogP contribution is 2.28. The lowest BCUT2D eigenvalue weighted by Gasteiger charge is -2.03. The number of halogens is 2. The molecule has 4 heteroatoms. The van der Waals surface area contributed by atoms with Crippen molar-refractivity contribution in [3.05, 3.63) is 46.7 Å². The summed E-state index contributed by atoms with van der Waals surface area (Å²) in [5.74, 6) is 0. The van der Waals surface area contributed by atoms with Gasteiger partial charge in [-0.3, -0.25) is 9.97 Å². The molecule has 0 saturated carbocycles. The van der Waals surface area contributed by atoms with Crippen molar-refractivity contribution in [2.24, 2.45) is 0 Å². The number of nitrogens with zero attached hydrogens (tertiary/aromatic N) is 2. The Morgan fingerprint density at radius 1 is 0.786 bits per heavy atom. The van der Waals surface area contributed by atoms with Crippen LogP contribution in [0.5, 0.6) is 0 Å². The minimum atomic E-state index is 0.549. The lowest BCUT2D eigenvalue weighted by atomic mass is 10.2. The summed E-state index contributed by atoms with van der Waals surface area (Å²) in [6.45, 7) is 0. The molecule has 0 aliphatic rings. The van der Waals surface area contributed by atoms with Gasteiger partial charge in [-0.2, -0.15) is 0 Å². The molecule has 14 heavy (non-hydrogen) atoms. The molecule has 0 aliphatic carbocycles. The van der Waals surface area contributed by atoms with Gasteiger partial charge in [0.05, 0.1) is 10.0 Å². The van der Waals surface area contributed by atoms with E-state index in [0.29, 0.717) is 21.4 Å². The van der Waals surface area contributed by atoms with Crippen molar-refractivity contribution in [2.75, 3.05) is 0 Å². The van der Waals surface area contributed by atoms with Crippen LogP contribution in [0.1, 0.15) is 0 Å². The van der Waals surface area contributed by atoms with Gasteiger partial charge < -0.3 is 0 Å². The second kappa shape index (κ2) is 3.95. The Labute approximate surface area is 91.5 Å². The number of hydrogen-bond donors (Lipinski definition) is 0. The number of hydrogen-bond acceptors (Lipinski definition) is 2. The third-order valence-corrected chi connectivity index (χ3v) is 2.35. The first-order valence-electron chi connectivity index (χ1n) is 4.00. The highest BCUT2D eigenvalue weighted by molar-refractivity contribution is 6.35. The molecule has 2 rings (SSSR count). The molecule has 70 valence electrons. The molecule has 0 unspecified atom stereocenters. The second-order valence-corrected chi connectivity index (χ2v) is 3.48. The van der Waals surface area contributed by atoms with E-state index in [0.717, 1.165) is 0 Å². The first kappa shape index (κ1) is 9.44. The molecule has 0 aromatic carbocycles. The molecule has 0 bridgehead atoms. The Morgan fingerprint density at radius 2 is 1.21 bits per heavy atom. The van der Waals surface area contributed by atoms with Gasteiger partial charge in [-0.15, -0.1) is 0 Å². The predicted octanol–water partition coefficient (Wildman–Crippen LogP) is 3.45. The Morgan fingerprint density at radius 3 is 1.57 bits per heavy atom. The van der Waals surface area contributed by atoms with Gasteiger partial charge >= 0.3 is 0 Å². The summed E-state index contributed by atoms with van der Waals surface area (Å²) in [7, 11) is 0. The summed E-state index contributed by atoms with van der Waals surface area (Å²) >= 11 is 11.9. The fraction of sp³-hybridized carbons (Fsp3) is 0. The molecule has 2 nitrogen and oxygen atoms in total. The van der Waals surface area contributed by atoms with Crippen molar-refractivity contribution in [1.29, 1.82) is 0 Å². The predicted molar refractivity (Wildman–Crippen MR) is 57.5 cm³/mol. The highest BCUT2D eigenvalue weighted by Gasteiger charge is 2.08. The topological polar surface area (TPSA) is 25.8 Å². The van der Waals surface area contributed by atoms with E-state index < -0.39 is 0 Å². The van der Waals surface area contributed by atoms with E-state index in [2.05, 4.69) is 9.97 Å². The molecule has 0 atom stereocenters. The van der Waals surface area contributed by atoms with Gasteiger partial charge in [0.2, 0.25) is 0 Å². The van der Waals surface area contributed by atoms with E-state index in [4.69, 9.17) is 23.2 Å². The third-order valence-electron chi connectivity index (χ3n) is 1.74. The largest absolute Gasteiger partial charge is 0.253 e. The average molecular weight is 225 g/mol. The Kier molecular flexibility index (Phi) is 2.66. The van der Waals surface area contributed by atoms with Crippen LogP contribution in [0, 0.1) is 0 Å². The van der Waals surface area contributed by atoms with E-state index in [9.17, 15) is 0 Å². The molecular formula is C10H6Cl2N2. The molecule has 0 amide bonds. The maximum absolute atomic E-state index is 5.97. The van der Waals surface area contributed by atoms with Gasteiger partial charge in [0.15, 0.2) is 0 Å². The molecular weight excluding hydrogens is 219 g/mol. The van der Waals surface area contributed by atoms with Crippen LogP contribution in [-0.4, -0.2) is 9.97 Å². The van der Waals surface area contributed by atoms with E-state index in [-0.39, 0.29) is 0 Å². The molecule has 0 N–H and O–H groups in total. The Hall–Kier alpha value is -1.12. The van der Waals surface area contributed by atoms with E-state index in [1.54, 1.807) is 36.7 Å². The second-order valence-electron chi connectivity index (χ2n) is 2.67. The van der Waals surface area contributed by atoms with Crippen molar-refractivity contribution in [3.63, 3.8) is 0 Å². The zero-order valence-electron chi connectivity index (χ0n) is 7.11. The van der Waals surface area contributed by atoms with Crippen molar-refractivity contribution in [1.82, 2.24) is 9.97 Å². The zero-order valence-corrected chi connectivity index (χ0v) is 8.63. The van der Waals surface area contributed by atoms with Crippen molar-refractivity contribution in [2.45, 2.75) is 0 Å². The van der Waals surface area contributed by atoms with Gasteiger partial charge in [-0.05, 0) is 24.3 Å². The summed E-state index contributed by atoms with van der Waals surface area (Å²) in [6, 6.07) is 7.05. The van der Waals surface area contributed by atoms with E-state index in [1.165, 1.54) is 0 Å². The van der Waals surface area contributed by atoms with Crippen LogP contribution >= 0.6 is 23.2 Å². The fourth-order valence-corrected chi connectivity index (χ4v) is 1.54. The van der Waals surface area contributed by atoms with Crippen LogP contribution < -0.4 is 0 Å². The van der Waals surface area contributed by atoms with Gasteiger partial charge in [0, 0.05) is 12.4 Å². The Balaban J connectivity index is 2.61. The summed E-state index contributed by atoms with van der Waals surface area (Å²) in [5, 5.41) is 1.10. The third kappa shape index (κ3) is 1.72. The first-order chi connectivity index (χ1) is 6.79. The molecule has 0 spiro atoms. The molecule has 0 radical (unpaired) electrons. The smallest absolute Gasteiger partial charge is 0.109 e. The maximum atomic E-state index is 5.97. The monoisotopic (exact) mass is 224 g/mol. The molecule has 2 aromatic rings. The molecule has 2 heterocycles. The normalized spacial score (nSPS) is 10.1. The summed E-state index contributed by atoms with van der Waals surface area (Å²) in [5.41, 5.74) is 1.22. The van der Waals surface area contributed by atoms with Crippen molar-refractivity contribution in [3.8, 4) is 11.4 Å². The zero-order chi connectivity index (χ0) is 9.97. The standard InChI is InChI=1S/C10H6Cl2N2/c11-7-3-1-5-13-9(7)10-8(12)4-2-6-14-10/h1-6H. The number of pyridine rings is 2. The highest BCUT2D eigenvalue weighted by atomic mass is 35.5. The lowest BCUT2D eigenvalue weighted by molar-refractivity contribution is 1.25. The Bertz CT molecular complexity index is 414. The number of rotatable bonds is 1. The fourth-order valence-electron chi connectivity index (χ4n) is 1.12. The summed E-state index contributed by atoms with van der Waals surface area (Å²) in [6.07, 6.45) is 3.32. The number of aromatic nitrogens is 2. The molecule has 0 aliphatic heterocycles. The van der Waals surface area contributed by atoms with Gasteiger partial charge in [-0.25, -0.2) is 0 Å². The van der Waals surface area contributed by atoms with Crippen molar-refractivity contribution < 1.29 is 0 Å². The lowest BCUT2D eigenvalue weighted by Crippen LogP contribution is -1.88. The SMILES string of the molecule is Clc1cccnc1-c1ncccc1Cl. The minimum Gasteiger partial charge on any atom is -0.253 e. The quantitative estimate of drug-likeness (QED) is 0.742. The summed E-state index contributed by atoms with van der Waals surface area (Å²) in [4.78, 5) is 8.26. The minimum absolute atomic E-state index is 0.549. The van der Waals surface area contributed by atoms with Gasteiger partial charge in [0.25, 0.3) is 0 Å². The van der Waals surface area contributed by atoms with Crippen LogP contribution in [0.15, 0.2) is 36.7 Å². The van der Waals surface area contributed by atoms with E-state index >= 15 is 0 Å². The molecule has 0 saturated heterocycles. The van der Waals surface area contributed by atoms with E-state index in [1.807, 2.05) is 0 Å².